The second-order valence-electron chi connectivity index (χ2n) is 7.93. The molecule has 0 saturated carbocycles. The summed E-state index contributed by atoms with van der Waals surface area (Å²) in [6.07, 6.45) is 5.63. The third kappa shape index (κ3) is 4.61. The van der Waals surface area contributed by atoms with Gasteiger partial charge in [0.05, 0.1) is 0 Å². The van der Waals surface area contributed by atoms with E-state index in [-0.39, 0.29) is 11.8 Å². The lowest BCUT2D eigenvalue weighted by Gasteiger charge is -2.19. The van der Waals surface area contributed by atoms with E-state index in [1.165, 1.54) is 24.0 Å². The summed E-state index contributed by atoms with van der Waals surface area (Å²) >= 11 is 0. The molecule has 0 radical (unpaired) electrons. The molecular weight excluding hydrogens is 364 g/mol. The normalized spacial score (nSPS) is 17.0. The molecular formula is C24H28N2O3. The van der Waals surface area contributed by atoms with Gasteiger partial charge in [-0.05, 0) is 80.0 Å². The smallest absolute Gasteiger partial charge is 0.261 e. The van der Waals surface area contributed by atoms with Gasteiger partial charge in [0.15, 0.2) is 6.10 Å². The molecule has 29 heavy (non-hydrogen) atoms. The molecule has 2 aliphatic rings. The number of aryl methyl sites for hydroxylation is 2. The summed E-state index contributed by atoms with van der Waals surface area (Å²) in [6.45, 7) is 2.95. The largest absolute Gasteiger partial charge is 0.481 e. The zero-order valence-electron chi connectivity index (χ0n) is 16.9. The Morgan fingerprint density at radius 2 is 1.90 bits per heavy atom. The number of hydrogen-bond donors (Lipinski definition) is 1. The number of fused-ring (bicyclic) bond motifs is 1. The van der Waals surface area contributed by atoms with Crippen LogP contribution in [0.3, 0.4) is 0 Å². The number of anilines is 1. The van der Waals surface area contributed by atoms with Crippen LogP contribution in [0.1, 0.15) is 49.3 Å². The molecule has 5 heteroatoms. The van der Waals surface area contributed by atoms with Gasteiger partial charge in [-0.1, -0.05) is 18.2 Å². The molecule has 1 saturated heterocycles. The fraction of sp³-hybridized carbons (Fsp3) is 0.417. The second kappa shape index (κ2) is 8.68. The molecule has 2 amide bonds. The highest BCUT2D eigenvalue weighted by atomic mass is 16.5. The van der Waals surface area contributed by atoms with E-state index in [9.17, 15) is 9.59 Å². The first-order chi connectivity index (χ1) is 14.1. The van der Waals surface area contributed by atoms with Crippen molar-refractivity contribution >= 4 is 17.5 Å². The predicted octanol–water partition coefficient (Wildman–Crippen LogP) is 3.78. The molecule has 1 N–H and O–H groups in total. The predicted molar refractivity (Wildman–Crippen MR) is 113 cm³/mol. The van der Waals surface area contributed by atoms with Crippen LogP contribution in [0.5, 0.6) is 5.75 Å². The van der Waals surface area contributed by atoms with Crippen LogP contribution in [0.2, 0.25) is 0 Å². The molecule has 1 atom stereocenters. The SMILES string of the molecule is C[C@@H](Oc1ccc2c(c1)CCCC2)C(=O)NCc1cccc(N2CCCC2=O)c1. The summed E-state index contributed by atoms with van der Waals surface area (Å²) in [7, 11) is 0. The number of amides is 2. The van der Waals surface area contributed by atoms with E-state index in [1.54, 1.807) is 6.92 Å². The maximum atomic E-state index is 12.5. The van der Waals surface area contributed by atoms with Crippen molar-refractivity contribution in [3.05, 3.63) is 59.2 Å². The lowest BCUT2D eigenvalue weighted by molar-refractivity contribution is -0.127. The fourth-order valence-corrected chi connectivity index (χ4v) is 4.13. The summed E-state index contributed by atoms with van der Waals surface area (Å²) in [5.41, 5.74) is 4.61. The van der Waals surface area contributed by atoms with Crippen molar-refractivity contribution < 1.29 is 14.3 Å². The Balaban J connectivity index is 1.33. The summed E-state index contributed by atoms with van der Waals surface area (Å²) in [6, 6.07) is 14.0. The van der Waals surface area contributed by atoms with Crippen molar-refractivity contribution in [3.63, 3.8) is 0 Å². The Hall–Kier alpha value is -2.82. The minimum absolute atomic E-state index is 0.148. The van der Waals surface area contributed by atoms with Crippen LogP contribution in [0.4, 0.5) is 5.69 Å². The van der Waals surface area contributed by atoms with Crippen LogP contribution >= 0.6 is 0 Å². The highest BCUT2D eigenvalue weighted by Gasteiger charge is 2.22. The monoisotopic (exact) mass is 392 g/mol. The maximum absolute atomic E-state index is 12.5. The zero-order chi connectivity index (χ0) is 20.2. The van der Waals surface area contributed by atoms with Crippen molar-refractivity contribution in [2.75, 3.05) is 11.4 Å². The summed E-state index contributed by atoms with van der Waals surface area (Å²) in [5, 5.41) is 2.94. The first-order valence-corrected chi connectivity index (χ1v) is 10.6. The Morgan fingerprint density at radius 1 is 1.07 bits per heavy atom. The van der Waals surface area contributed by atoms with Crippen LogP contribution < -0.4 is 15.0 Å². The molecule has 1 heterocycles. The lowest BCUT2D eigenvalue weighted by atomic mass is 9.92. The van der Waals surface area contributed by atoms with E-state index in [0.29, 0.717) is 13.0 Å². The molecule has 2 aromatic rings. The van der Waals surface area contributed by atoms with Crippen molar-refractivity contribution in [1.82, 2.24) is 5.32 Å². The van der Waals surface area contributed by atoms with E-state index in [0.717, 1.165) is 42.8 Å². The molecule has 2 aromatic carbocycles. The van der Waals surface area contributed by atoms with Gasteiger partial charge in [-0.15, -0.1) is 0 Å². The highest BCUT2D eigenvalue weighted by molar-refractivity contribution is 5.95. The quantitative estimate of drug-likeness (QED) is 0.814. The van der Waals surface area contributed by atoms with Gasteiger partial charge in [0.2, 0.25) is 5.91 Å². The van der Waals surface area contributed by atoms with Crippen LogP contribution in [-0.2, 0) is 29.0 Å². The molecule has 5 nitrogen and oxygen atoms in total. The van der Waals surface area contributed by atoms with E-state index in [4.69, 9.17) is 4.74 Å². The van der Waals surface area contributed by atoms with E-state index >= 15 is 0 Å². The van der Waals surface area contributed by atoms with Gasteiger partial charge in [-0.25, -0.2) is 0 Å². The van der Waals surface area contributed by atoms with Crippen LogP contribution in [0, 0.1) is 0 Å². The minimum Gasteiger partial charge on any atom is -0.481 e. The van der Waals surface area contributed by atoms with Crippen molar-refractivity contribution in [1.29, 1.82) is 0 Å². The Bertz CT molecular complexity index is 909. The second-order valence-corrected chi connectivity index (χ2v) is 7.93. The number of carbonyl (C=O) groups excluding carboxylic acids is 2. The van der Waals surface area contributed by atoms with Gasteiger partial charge in [0, 0.05) is 25.2 Å². The van der Waals surface area contributed by atoms with Crippen molar-refractivity contribution in [2.24, 2.45) is 0 Å². The Morgan fingerprint density at radius 3 is 2.69 bits per heavy atom. The lowest BCUT2D eigenvalue weighted by Crippen LogP contribution is -2.36. The molecule has 0 aromatic heterocycles. The minimum atomic E-state index is -0.569. The number of nitrogens with zero attached hydrogens (tertiary/aromatic N) is 1. The molecule has 1 aliphatic carbocycles. The van der Waals surface area contributed by atoms with Crippen LogP contribution in [-0.4, -0.2) is 24.5 Å². The van der Waals surface area contributed by atoms with E-state index in [2.05, 4.69) is 17.4 Å². The molecule has 0 spiro atoms. The van der Waals surface area contributed by atoms with Gasteiger partial charge in [-0.2, -0.15) is 0 Å². The van der Waals surface area contributed by atoms with Gasteiger partial charge in [0.25, 0.3) is 5.91 Å². The molecule has 4 rings (SSSR count). The first kappa shape index (κ1) is 19.5. The van der Waals surface area contributed by atoms with E-state index < -0.39 is 6.10 Å². The molecule has 1 fully saturated rings. The van der Waals surface area contributed by atoms with Crippen molar-refractivity contribution in [2.45, 2.75) is 58.1 Å². The zero-order valence-corrected chi connectivity index (χ0v) is 16.9. The topological polar surface area (TPSA) is 58.6 Å². The standard InChI is InChI=1S/C24H28N2O3/c1-17(29-22-12-11-19-7-2-3-8-20(19)15-22)24(28)25-16-18-6-4-9-21(14-18)26-13-5-10-23(26)27/h4,6,9,11-12,14-15,17H,2-3,5,7-8,10,13,16H2,1H3,(H,25,28)/t17-/m1/s1. The number of hydrogen-bond acceptors (Lipinski definition) is 3. The number of ether oxygens (including phenoxy) is 1. The molecule has 152 valence electrons. The average molecular weight is 392 g/mol. The van der Waals surface area contributed by atoms with Crippen LogP contribution in [0.25, 0.3) is 0 Å². The van der Waals surface area contributed by atoms with Crippen molar-refractivity contribution in [3.8, 4) is 5.75 Å². The summed E-state index contributed by atoms with van der Waals surface area (Å²) < 4.78 is 5.88. The average Bonchev–Trinajstić information content (AvgIpc) is 3.18. The Kier molecular flexibility index (Phi) is 5.84. The molecule has 1 aliphatic heterocycles. The van der Waals surface area contributed by atoms with Gasteiger partial charge < -0.3 is 15.0 Å². The molecule has 0 unspecified atom stereocenters. The van der Waals surface area contributed by atoms with Crippen LogP contribution in [0.15, 0.2) is 42.5 Å². The summed E-state index contributed by atoms with van der Waals surface area (Å²) in [5.74, 6) is 0.770. The number of carbonyl (C=O) groups is 2. The summed E-state index contributed by atoms with van der Waals surface area (Å²) in [4.78, 5) is 26.3. The highest BCUT2D eigenvalue weighted by Crippen LogP contribution is 2.26. The van der Waals surface area contributed by atoms with Gasteiger partial charge in [-0.3, -0.25) is 9.59 Å². The number of rotatable bonds is 6. The Labute approximate surface area is 172 Å². The number of nitrogens with one attached hydrogen (secondary N) is 1. The number of benzene rings is 2. The third-order valence-electron chi connectivity index (χ3n) is 5.76. The van der Waals surface area contributed by atoms with E-state index in [1.807, 2.05) is 35.2 Å². The molecule has 0 bridgehead atoms. The maximum Gasteiger partial charge on any atom is 0.261 e. The van der Waals surface area contributed by atoms with Gasteiger partial charge >= 0.3 is 0 Å². The first-order valence-electron chi connectivity index (χ1n) is 10.6. The fourth-order valence-electron chi connectivity index (χ4n) is 4.13. The third-order valence-corrected chi connectivity index (χ3v) is 5.76. The van der Waals surface area contributed by atoms with Gasteiger partial charge in [0.1, 0.15) is 5.75 Å².